The van der Waals surface area contributed by atoms with Gasteiger partial charge in [-0.1, -0.05) is 13.8 Å². The van der Waals surface area contributed by atoms with Gasteiger partial charge in [-0.2, -0.15) is 0 Å². The lowest BCUT2D eigenvalue weighted by Gasteiger charge is -2.23. The second kappa shape index (κ2) is 8.61. The molecule has 9 heteroatoms. The second-order valence-electron chi connectivity index (χ2n) is 6.72. The molecule has 1 aliphatic rings. The average Bonchev–Trinajstić information content (AvgIpc) is 2.99. The molecule has 2 rings (SSSR count). The molecule has 0 saturated carbocycles. The SMILES string of the molecule is CC(C)[C@H](NC(=O)[C@@H]1CC(=O)N(c2ccc(F)cc2)C1)C(=O)NCC(=O)O. The maximum Gasteiger partial charge on any atom is 0.322 e. The number of benzene rings is 1. The molecule has 3 N–H and O–H groups in total. The predicted octanol–water partition coefficient (Wildman–Crippen LogP) is 0.520. The molecule has 0 unspecified atom stereocenters. The summed E-state index contributed by atoms with van der Waals surface area (Å²) in [5, 5.41) is 13.5. The second-order valence-corrected chi connectivity index (χ2v) is 6.72. The molecule has 1 aliphatic heterocycles. The number of carboxylic acid groups (broad SMARTS) is 1. The summed E-state index contributed by atoms with van der Waals surface area (Å²) < 4.78 is 13.0. The summed E-state index contributed by atoms with van der Waals surface area (Å²) in [6.07, 6.45) is -0.0230. The van der Waals surface area contributed by atoms with Crippen molar-refractivity contribution >= 4 is 29.4 Å². The van der Waals surface area contributed by atoms with Gasteiger partial charge in [0.2, 0.25) is 17.7 Å². The fourth-order valence-electron chi connectivity index (χ4n) is 2.83. The summed E-state index contributed by atoms with van der Waals surface area (Å²) in [7, 11) is 0. The number of anilines is 1. The highest BCUT2D eigenvalue weighted by atomic mass is 19.1. The van der Waals surface area contributed by atoms with Crippen LogP contribution in [0.25, 0.3) is 0 Å². The summed E-state index contributed by atoms with van der Waals surface area (Å²) in [5.74, 6) is -3.86. The van der Waals surface area contributed by atoms with Crippen LogP contribution in [0.2, 0.25) is 0 Å². The Morgan fingerprint density at radius 1 is 1.26 bits per heavy atom. The zero-order valence-corrected chi connectivity index (χ0v) is 15.1. The molecule has 2 atom stereocenters. The molecule has 3 amide bonds. The van der Waals surface area contributed by atoms with Gasteiger partial charge in [0.05, 0.1) is 5.92 Å². The van der Waals surface area contributed by atoms with E-state index in [0.717, 1.165) is 0 Å². The topological polar surface area (TPSA) is 116 Å². The van der Waals surface area contributed by atoms with E-state index in [1.165, 1.54) is 29.2 Å². The van der Waals surface area contributed by atoms with Crippen LogP contribution in [0.4, 0.5) is 10.1 Å². The molecule has 1 aromatic rings. The highest BCUT2D eigenvalue weighted by molar-refractivity contribution is 6.01. The Balaban J connectivity index is 2.01. The third kappa shape index (κ3) is 5.25. The zero-order valence-electron chi connectivity index (χ0n) is 15.1. The number of amides is 3. The highest BCUT2D eigenvalue weighted by Crippen LogP contribution is 2.25. The summed E-state index contributed by atoms with van der Waals surface area (Å²) in [5.41, 5.74) is 0.497. The van der Waals surface area contributed by atoms with E-state index in [0.29, 0.717) is 5.69 Å². The standard InChI is InChI=1S/C18H22FN3O5/c1-10(2)16(18(27)20-8-15(24)25)21-17(26)11-7-14(23)22(9-11)13-5-3-12(19)4-6-13/h3-6,10-11,16H,7-9H2,1-2H3,(H,20,27)(H,21,26)(H,24,25)/t11-,16+/m1/s1. The lowest BCUT2D eigenvalue weighted by Crippen LogP contribution is -2.52. The molecule has 1 heterocycles. The molecular weight excluding hydrogens is 357 g/mol. The van der Waals surface area contributed by atoms with Gasteiger partial charge in [-0.3, -0.25) is 19.2 Å². The molecule has 8 nitrogen and oxygen atoms in total. The molecule has 0 aliphatic carbocycles. The van der Waals surface area contributed by atoms with Gasteiger partial charge in [-0.15, -0.1) is 0 Å². The number of aliphatic carboxylic acids is 1. The lowest BCUT2D eigenvalue weighted by molar-refractivity contribution is -0.138. The number of carboxylic acids is 1. The van der Waals surface area contributed by atoms with Crippen molar-refractivity contribution in [1.29, 1.82) is 0 Å². The third-order valence-corrected chi connectivity index (χ3v) is 4.29. The Morgan fingerprint density at radius 3 is 2.44 bits per heavy atom. The minimum Gasteiger partial charge on any atom is -0.480 e. The number of nitrogens with zero attached hydrogens (tertiary/aromatic N) is 1. The van der Waals surface area contributed by atoms with Crippen molar-refractivity contribution in [3.8, 4) is 0 Å². The van der Waals surface area contributed by atoms with Crippen molar-refractivity contribution in [3.63, 3.8) is 0 Å². The highest BCUT2D eigenvalue weighted by Gasteiger charge is 2.37. The largest absolute Gasteiger partial charge is 0.480 e. The van der Waals surface area contributed by atoms with Crippen molar-refractivity contribution in [3.05, 3.63) is 30.1 Å². The first-order valence-electron chi connectivity index (χ1n) is 8.55. The van der Waals surface area contributed by atoms with Crippen LogP contribution in [0, 0.1) is 17.7 Å². The Kier molecular flexibility index (Phi) is 6.49. The first kappa shape index (κ1) is 20.3. The third-order valence-electron chi connectivity index (χ3n) is 4.29. The van der Waals surface area contributed by atoms with Crippen molar-refractivity contribution in [2.45, 2.75) is 26.3 Å². The normalized spacial score (nSPS) is 17.7. The fourth-order valence-corrected chi connectivity index (χ4v) is 2.83. The Hall–Kier alpha value is -2.97. The summed E-state index contributed by atoms with van der Waals surface area (Å²) in [6, 6.07) is 4.48. The van der Waals surface area contributed by atoms with Crippen LogP contribution in [0.15, 0.2) is 24.3 Å². The fraction of sp³-hybridized carbons (Fsp3) is 0.444. The first-order valence-corrected chi connectivity index (χ1v) is 8.55. The number of halogens is 1. The molecule has 1 aromatic carbocycles. The van der Waals surface area contributed by atoms with Crippen molar-refractivity contribution in [2.24, 2.45) is 11.8 Å². The van der Waals surface area contributed by atoms with Gasteiger partial charge in [0.1, 0.15) is 18.4 Å². The molecule has 0 spiro atoms. The van der Waals surface area contributed by atoms with Crippen LogP contribution in [-0.2, 0) is 19.2 Å². The van der Waals surface area contributed by atoms with E-state index in [-0.39, 0.29) is 24.8 Å². The van der Waals surface area contributed by atoms with Crippen LogP contribution in [0.1, 0.15) is 20.3 Å². The van der Waals surface area contributed by atoms with Crippen LogP contribution in [-0.4, -0.2) is 47.9 Å². The van der Waals surface area contributed by atoms with Gasteiger partial charge in [-0.05, 0) is 30.2 Å². The van der Waals surface area contributed by atoms with E-state index in [4.69, 9.17) is 5.11 Å². The first-order chi connectivity index (χ1) is 12.7. The van der Waals surface area contributed by atoms with Crippen LogP contribution < -0.4 is 15.5 Å². The van der Waals surface area contributed by atoms with Crippen molar-refractivity contribution < 1.29 is 28.7 Å². The Morgan fingerprint density at radius 2 is 1.89 bits per heavy atom. The smallest absolute Gasteiger partial charge is 0.322 e. The number of hydrogen-bond acceptors (Lipinski definition) is 4. The number of hydrogen-bond donors (Lipinski definition) is 3. The van der Waals surface area contributed by atoms with E-state index in [2.05, 4.69) is 10.6 Å². The summed E-state index contributed by atoms with van der Waals surface area (Å²) in [6.45, 7) is 3.02. The number of carbonyl (C=O) groups excluding carboxylic acids is 3. The van der Waals surface area contributed by atoms with Crippen molar-refractivity contribution in [1.82, 2.24) is 10.6 Å². The van der Waals surface area contributed by atoms with Gasteiger partial charge in [-0.25, -0.2) is 4.39 Å². The average molecular weight is 379 g/mol. The molecule has 1 saturated heterocycles. The quantitative estimate of drug-likeness (QED) is 0.639. The van der Waals surface area contributed by atoms with Crippen LogP contribution >= 0.6 is 0 Å². The van der Waals surface area contributed by atoms with E-state index < -0.39 is 42.1 Å². The maximum atomic E-state index is 13.0. The monoisotopic (exact) mass is 379 g/mol. The molecule has 0 aromatic heterocycles. The van der Waals surface area contributed by atoms with Gasteiger partial charge in [0, 0.05) is 18.7 Å². The Labute approximate surface area is 155 Å². The van der Waals surface area contributed by atoms with E-state index >= 15 is 0 Å². The molecule has 0 radical (unpaired) electrons. The van der Waals surface area contributed by atoms with E-state index in [1.54, 1.807) is 13.8 Å². The Bertz CT molecular complexity index is 735. The molecule has 1 fully saturated rings. The molecular formula is C18H22FN3O5. The van der Waals surface area contributed by atoms with E-state index in [1.807, 2.05) is 0 Å². The van der Waals surface area contributed by atoms with E-state index in [9.17, 15) is 23.6 Å². The number of carbonyl (C=O) groups is 4. The maximum absolute atomic E-state index is 13.0. The number of rotatable bonds is 7. The molecule has 27 heavy (non-hydrogen) atoms. The van der Waals surface area contributed by atoms with Gasteiger partial charge >= 0.3 is 5.97 Å². The lowest BCUT2D eigenvalue weighted by atomic mass is 10.0. The van der Waals surface area contributed by atoms with Gasteiger partial charge < -0.3 is 20.6 Å². The minimum atomic E-state index is -1.19. The minimum absolute atomic E-state index is 0.0230. The molecule has 0 bridgehead atoms. The van der Waals surface area contributed by atoms with Gasteiger partial charge in [0.15, 0.2) is 0 Å². The van der Waals surface area contributed by atoms with Crippen LogP contribution in [0.5, 0.6) is 0 Å². The van der Waals surface area contributed by atoms with Crippen LogP contribution in [0.3, 0.4) is 0 Å². The predicted molar refractivity (Wildman–Crippen MR) is 94.3 cm³/mol. The summed E-state index contributed by atoms with van der Waals surface area (Å²) in [4.78, 5) is 48.9. The van der Waals surface area contributed by atoms with Crippen molar-refractivity contribution in [2.75, 3.05) is 18.0 Å². The van der Waals surface area contributed by atoms with Gasteiger partial charge in [0.25, 0.3) is 0 Å². The summed E-state index contributed by atoms with van der Waals surface area (Å²) >= 11 is 0. The number of nitrogens with one attached hydrogen (secondary N) is 2. The zero-order chi connectivity index (χ0) is 20.1. The molecule has 146 valence electrons.